The molecule has 1 aromatic carbocycles. The number of nitrogens with one attached hydrogen (secondary N) is 1. The second-order valence-electron chi connectivity index (χ2n) is 4.64. The van der Waals surface area contributed by atoms with Crippen LogP contribution in [-0.2, 0) is 6.54 Å². The van der Waals surface area contributed by atoms with Crippen molar-refractivity contribution in [3.8, 4) is 5.75 Å². The number of hydrogen-bond acceptors (Lipinski definition) is 3. The van der Waals surface area contributed by atoms with Crippen LogP contribution in [0.5, 0.6) is 5.75 Å². The van der Waals surface area contributed by atoms with Gasteiger partial charge in [0.05, 0.1) is 12.2 Å². The average Bonchev–Trinajstić information content (AvgIpc) is 2.91. The highest BCUT2D eigenvalue weighted by Crippen LogP contribution is 2.18. The van der Waals surface area contributed by atoms with Crippen LogP contribution in [0.4, 0.5) is 0 Å². The largest absolute Gasteiger partial charge is 0.492 e. The molecule has 108 valence electrons. The lowest BCUT2D eigenvalue weighted by Crippen LogP contribution is -2.22. The first kappa shape index (κ1) is 14.9. The van der Waals surface area contributed by atoms with E-state index in [-0.39, 0.29) is 6.04 Å². The van der Waals surface area contributed by atoms with E-state index >= 15 is 0 Å². The molecule has 20 heavy (non-hydrogen) atoms. The molecule has 0 aliphatic heterocycles. The fourth-order valence-corrected chi connectivity index (χ4v) is 2.09. The van der Waals surface area contributed by atoms with Crippen LogP contribution in [0.25, 0.3) is 0 Å². The molecule has 0 fully saturated rings. The molecule has 4 nitrogen and oxygen atoms in total. The zero-order valence-electron chi connectivity index (χ0n) is 11.8. The predicted molar refractivity (Wildman–Crippen MR) is 81.3 cm³/mol. The highest BCUT2D eigenvalue weighted by Gasteiger charge is 2.12. The van der Waals surface area contributed by atoms with Crippen LogP contribution in [0.1, 0.15) is 24.9 Å². The molecular weight excluding hydrogens is 274 g/mol. The van der Waals surface area contributed by atoms with Crippen LogP contribution in [0.2, 0.25) is 5.02 Å². The molecule has 1 atom stereocenters. The second kappa shape index (κ2) is 7.31. The Balaban J connectivity index is 1.95. The second-order valence-corrected chi connectivity index (χ2v) is 5.08. The number of likely N-dealkylation sites (N-methyl/N-ethyl adjacent to an activating group) is 1. The van der Waals surface area contributed by atoms with E-state index in [1.807, 2.05) is 42.2 Å². The third kappa shape index (κ3) is 3.99. The number of nitrogens with zero attached hydrogens (tertiary/aromatic N) is 2. The van der Waals surface area contributed by atoms with Gasteiger partial charge < -0.3 is 10.1 Å². The fourth-order valence-electron chi connectivity index (χ4n) is 1.97. The van der Waals surface area contributed by atoms with Gasteiger partial charge in [0, 0.05) is 23.3 Å². The van der Waals surface area contributed by atoms with Gasteiger partial charge in [-0.05, 0) is 37.7 Å². The molecule has 0 aliphatic rings. The maximum absolute atomic E-state index is 5.85. The molecule has 2 rings (SSSR count). The van der Waals surface area contributed by atoms with Crippen molar-refractivity contribution in [3.63, 3.8) is 0 Å². The number of ether oxygens (including phenoxy) is 1. The van der Waals surface area contributed by atoms with Crippen LogP contribution in [0.3, 0.4) is 0 Å². The van der Waals surface area contributed by atoms with Gasteiger partial charge in [-0.15, -0.1) is 0 Å². The molecule has 2 aromatic rings. The topological polar surface area (TPSA) is 39.1 Å². The molecule has 0 saturated heterocycles. The predicted octanol–water partition coefficient (Wildman–Crippen LogP) is 3.29. The van der Waals surface area contributed by atoms with Crippen molar-refractivity contribution in [3.05, 3.63) is 47.2 Å². The van der Waals surface area contributed by atoms with Crippen molar-refractivity contribution in [1.82, 2.24) is 15.1 Å². The van der Waals surface area contributed by atoms with Crippen molar-refractivity contribution in [1.29, 1.82) is 0 Å². The Morgan fingerprint density at radius 1 is 1.35 bits per heavy atom. The van der Waals surface area contributed by atoms with Gasteiger partial charge in [-0.1, -0.05) is 18.5 Å². The molecule has 1 unspecified atom stereocenters. The average molecular weight is 294 g/mol. The minimum atomic E-state index is 0.122. The first-order chi connectivity index (χ1) is 9.72. The highest BCUT2D eigenvalue weighted by molar-refractivity contribution is 6.30. The van der Waals surface area contributed by atoms with Crippen molar-refractivity contribution >= 4 is 11.6 Å². The molecule has 0 spiro atoms. The van der Waals surface area contributed by atoms with Gasteiger partial charge in [-0.3, -0.25) is 4.68 Å². The number of benzene rings is 1. The Hall–Kier alpha value is -1.52. The van der Waals surface area contributed by atoms with E-state index in [1.54, 1.807) is 0 Å². The maximum Gasteiger partial charge on any atom is 0.119 e. The van der Waals surface area contributed by atoms with E-state index in [0.717, 1.165) is 24.3 Å². The Bertz CT molecular complexity index is 524. The van der Waals surface area contributed by atoms with Crippen molar-refractivity contribution in [2.45, 2.75) is 25.9 Å². The summed E-state index contributed by atoms with van der Waals surface area (Å²) in [7, 11) is 1.92. The van der Waals surface area contributed by atoms with Gasteiger partial charge in [0.25, 0.3) is 0 Å². The van der Waals surface area contributed by atoms with E-state index in [0.29, 0.717) is 11.6 Å². The number of hydrogen-bond donors (Lipinski definition) is 1. The molecule has 0 aliphatic carbocycles. The van der Waals surface area contributed by atoms with Gasteiger partial charge in [-0.2, -0.15) is 5.10 Å². The Morgan fingerprint density at radius 3 is 2.75 bits per heavy atom. The normalized spacial score (nSPS) is 12.3. The summed E-state index contributed by atoms with van der Waals surface area (Å²) in [4.78, 5) is 0. The molecule has 1 N–H and O–H groups in total. The molecular formula is C15H20ClN3O. The lowest BCUT2D eigenvalue weighted by Gasteiger charge is -2.15. The van der Waals surface area contributed by atoms with Crippen LogP contribution in [-0.4, -0.2) is 23.4 Å². The summed E-state index contributed by atoms with van der Waals surface area (Å²) < 4.78 is 7.74. The summed E-state index contributed by atoms with van der Waals surface area (Å²) in [5.41, 5.74) is 1.13. The van der Waals surface area contributed by atoms with Crippen molar-refractivity contribution < 1.29 is 4.74 Å². The minimum absolute atomic E-state index is 0.122. The summed E-state index contributed by atoms with van der Waals surface area (Å²) in [5, 5.41) is 8.31. The third-order valence-electron chi connectivity index (χ3n) is 3.09. The molecule has 1 heterocycles. The highest BCUT2D eigenvalue weighted by atomic mass is 35.5. The molecule has 1 aromatic heterocycles. The zero-order valence-corrected chi connectivity index (χ0v) is 12.6. The van der Waals surface area contributed by atoms with Crippen LogP contribution in [0, 0.1) is 0 Å². The first-order valence-corrected chi connectivity index (χ1v) is 7.18. The van der Waals surface area contributed by atoms with E-state index in [9.17, 15) is 0 Å². The van der Waals surface area contributed by atoms with Crippen LogP contribution >= 0.6 is 11.6 Å². The van der Waals surface area contributed by atoms with E-state index in [4.69, 9.17) is 16.3 Å². The maximum atomic E-state index is 5.85. The Kier molecular flexibility index (Phi) is 5.44. The standard InChI is InChI=1S/C15H20ClN3O/c1-3-8-19-10-12(9-18-19)15(17-2)11-20-14-6-4-13(16)5-7-14/h4-7,9-10,15,17H,3,8,11H2,1-2H3. The number of rotatable bonds is 7. The Labute approximate surface area is 124 Å². The molecule has 0 bridgehead atoms. The fraction of sp³-hybridized carbons (Fsp3) is 0.400. The summed E-state index contributed by atoms with van der Waals surface area (Å²) in [6.07, 6.45) is 5.03. The van der Waals surface area contributed by atoms with Gasteiger partial charge in [0.1, 0.15) is 12.4 Å². The number of halogens is 1. The molecule has 0 saturated carbocycles. The van der Waals surface area contributed by atoms with Crippen LogP contribution in [0.15, 0.2) is 36.7 Å². The Morgan fingerprint density at radius 2 is 2.10 bits per heavy atom. The van der Waals surface area contributed by atoms with E-state index < -0.39 is 0 Å². The quantitative estimate of drug-likeness (QED) is 0.851. The molecule has 5 heteroatoms. The van der Waals surface area contributed by atoms with Crippen LogP contribution < -0.4 is 10.1 Å². The minimum Gasteiger partial charge on any atom is -0.492 e. The smallest absolute Gasteiger partial charge is 0.119 e. The summed E-state index contributed by atoms with van der Waals surface area (Å²) in [6, 6.07) is 7.51. The number of aromatic nitrogens is 2. The molecule has 0 radical (unpaired) electrons. The number of aryl methyl sites for hydroxylation is 1. The monoisotopic (exact) mass is 293 g/mol. The van der Waals surface area contributed by atoms with Crippen molar-refractivity contribution in [2.75, 3.05) is 13.7 Å². The van der Waals surface area contributed by atoms with Crippen molar-refractivity contribution in [2.24, 2.45) is 0 Å². The SMILES string of the molecule is CCCn1cc(C(COc2ccc(Cl)cc2)NC)cn1. The van der Waals surface area contributed by atoms with E-state index in [1.165, 1.54) is 0 Å². The lowest BCUT2D eigenvalue weighted by molar-refractivity contribution is 0.273. The zero-order chi connectivity index (χ0) is 14.4. The van der Waals surface area contributed by atoms with Gasteiger partial charge >= 0.3 is 0 Å². The van der Waals surface area contributed by atoms with Gasteiger partial charge in [0.2, 0.25) is 0 Å². The lowest BCUT2D eigenvalue weighted by atomic mass is 10.2. The van der Waals surface area contributed by atoms with Gasteiger partial charge in [-0.25, -0.2) is 0 Å². The molecule has 0 amide bonds. The summed E-state index contributed by atoms with van der Waals surface area (Å²) in [5.74, 6) is 0.815. The van der Waals surface area contributed by atoms with E-state index in [2.05, 4.69) is 23.5 Å². The van der Waals surface area contributed by atoms with Gasteiger partial charge in [0.15, 0.2) is 0 Å². The summed E-state index contributed by atoms with van der Waals surface area (Å²) in [6.45, 7) is 3.63. The first-order valence-electron chi connectivity index (χ1n) is 6.81. The summed E-state index contributed by atoms with van der Waals surface area (Å²) >= 11 is 5.85. The third-order valence-corrected chi connectivity index (χ3v) is 3.34.